The first kappa shape index (κ1) is 24.3. The van der Waals surface area contributed by atoms with Crippen molar-refractivity contribution in [1.82, 2.24) is 10.6 Å². The van der Waals surface area contributed by atoms with Crippen LogP contribution in [0.15, 0.2) is 48.5 Å². The van der Waals surface area contributed by atoms with Gasteiger partial charge in [-0.25, -0.2) is 4.79 Å². The molecule has 0 saturated carbocycles. The molecule has 0 aliphatic heterocycles. The molecule has 2 amide bonds. The fourth-order valence-electron chi connectivity index (χ4n) is 4.12. The van der Waals surface area contributed by atoms with Crippen LogP contribution in [0.2, 0.25) is 0 Å². The maximum absolute atomic E-state index is 12.5. The number of nitrogens with one attached hydrogen (secondary N) is 2. The third-order valence-corrected chi connectivity index (χ3v) is 5.73. The largest absolute Gasteiger partial charge is 0.481 e. The Morgan fingerprint density at radius 3 is 2.12 bits per heavy atom. The van der Waals surface area contributed by atoms with E-state index in [1.807, 2.05) is 48.5 Å². The van der Waals surface area contributed by atoms with Gasteiger partial charge < -0.3 is 20.5 Å². The maximum atomic E-state index is 12.5. The Kier molecular flexibility index (Phi) is 7.74. The number of hydrogen-bond acceptors (Lipinski definition) is 4. The highest BCUT2D eigenvalue weighted by molar-refractivity contribution is 5.89. The Morgan fingerprint density at radius 1 is 1.00 bits per heavy atom. The lowest BCUT2D eigenvalue weighted by atomic mass is 9.91. The molecule has 1 aliphatic carbocycles. The Morgan fingerprint density at radius 2 is 1.58 bits per heavy atom. The number of alkyl carbamates (subject to hydrolysis) is 1. The zero-order chi connectivity index (χ0) is 24.0. The molecule has 0 bridgehead atoms. The van der Waals surface area contributed by atoms with Crippen molar-refractivity contribution in [3.8, 4) is 11.1 Å². The number of rotatable bonds is 9. The van der Waals surface area contributed by atoms with Crippen molar-refractivity contribution in [2.75, 3.05) is 13.2 Å². The fraction of sp³-hybridized carbons (Fsp3) is 0.423. The topological polar surface area (TPSA) is 105 Å². The molecule has 1 atom stereocenters. The standard InChI is InChI=1S/C26H32N2O5/c1-26(2,3)13-8-14-27-24(31)22(15-23(29)30)28-25(32)33-16-21-19-11-6-4-9-17(19)18-10-5-7-12-20(18)21/h4-7,9-12,21-22H,8,13-16H2,1-3H3,(H,27,31)(H,28,32)(H,29,30). The van der Waals surface area contributed by atoms with Crippen LogP contribution in [0.5, 0.6) is 0 Å². The summed E-state index contributed by atoms with van der Waals surface area (Å²) in [5.41, 5.74) is 4.52. The van der Waals surface area contributed by atoms with Gasteiger partial charge in [-0.2, -0.15) is 0 Å². The molecule has 0 fully saturated rings. The molecular weight excluding hydrogens is 420 g/mol. The van der Waals surface area contributed by atoms with E-state index in [1.54, 1.807) is 0 Å². The molecule has 0 spiro atoms. The normalized spacial score (nSPS) is 13.5. The van der Waals surface area contributed by atoms with E-state index in [2.05, 4.69) is 31.4 Å². The number of hydrogen-bond donors (Lipinski definition) is 3. The monoisotopic (exact) mass is 452 g/mol. The minimum Gasteiger partial charge on any atom is -0.481 e. The number of carboxylic acid groups (broad SMARTS) is 1. The van der Waals surface area contributed by atoms with Gasteiger partial charge in [0.2, 0.25) is 5.91 Å². The number of carboxylic acids is 1. The lowest BCUT2D eigenvalue weighted by Crippen LogP contribution is -2.48. The third-order valence-electron chi connectivity index (χ3n) is 5.73. The van der Waals surface area contributed by atoms with Crippen LogP contribution in [0.1, 0.15) is 57.1 Å². The van der Waals surface area contributed by atoms with Crippen LogP contribution in [0.25, 0.3) is 11.1 Å². The predicted octanol–water partition coefficient (Wildman–Crippen LogP) is 4.31. The number of amides is 2. The Bertz CT molecular complexity index is 966. The minimum absolute atomic E-state index is 0.0901. The summed E-state index contributed by atoms with van der Waals surface area (Å²) in [5, 5.41) is 14.3. The Labute approximate surface area is 194 Å². The zero-order valence-electron chi connectivity index (χ0n) is 19.4. The number of carbonyl (C=O) groups excluding carboxylic acids is 2. The number of fused-ring (bicyclic) bond motifs is 3. The van der Waals surface area contributed by atoms with Crippen molar-refractivity contribution in [3.05, 3.63) is 59.7 Å². The molecule has 176 valence electrons. The fourth-order valence-corrected chi connectivity index (χ4v) is 4.12. The highest BCUT2D eigenvalue weighted by atomic mass is 16.5. The summed E-state index contributed by atoms with van der Waals surface area (Å²) in [5.74, 6) is -1.82. The van der Waals surface area contributed by atoms with Gasteiger partial charge in [0.05, 0.1) is 6.42 Å². The molecule has 2 aromatic rings. The number of aliphatic carboxylic acids is 1. The van der Waals surface area contributed by atoms with Gasteiger partial charge in [0.25, 0.3) is 0 Å². The zero-order valence-corrected chi connectivity index (χ0v) is 19.4. The molecule has 2 aromatic carbocycles. The van der Waals surface area contributed by atoms with E-state index in [9.17, 15) is 19.5 Å². The van der Waals surface area contributed by atoms with E-state index in [0.29, 0.717) is 6.54 Å². The third kappa shape index (κ3) is 6.57. The van der Waals surface area contributed by atoms with Crippen LogP contribution in [0.3, 0.4) is 0 Å². The second-order valence-corrected chi connectivity index (χ2v) is 9.58. The average molecular weight is 453 g/mol. The molecule has 3 rings (SSSR count). The smallest absolute Gasteiger partial charge is 0.407 e. The predicted molar refractivity (Wildman–Crippen MR) is 126 cm³/mol. The van der Waals surface area contributed by atoms with Crippen LogP contribution >= 0.6 is 0 Å². The van der Waals surface area contributed by atoms with Gasteiger partial charge in [0.15, 0.2) is 0 Å². The second-order valence-electron chi connectivity index (χ2n) is 9.58. The number of carbonyl (C=O) groups is 3. The van der Waals surface area contributed by atoms with Crippen molar-refractivity contribution in [2.45, 2.75) is 52.0 Å². The maximum Gasteiger partial charge on any atom is 0.407 e. The van der Waals surface area contributed by atoms with Gasteiger partial charge in [0.1, 0.15) is 12.6 Å². The van der Waals surface area contributed by atoms with Crippen molar-refractivity contribution in [2.24, 2.45) is 5.41 Å². The molecule has 1 aliphatic rings. The molecule has 0 radical (unpaired) electrons. The molecule has 0 heterocycles. The summed E-state index contributed by atoms with van der Waals surface area (Å²) >= 11 is 0. The molecule has 0 saturated heterocycles. The number of ether oxygens (including phenoxy) is 1. The molecule has 1 unspecified atom stereocenters. The van der Waals surface area contributed by atoms with Gasteiger partial charge >= 0.3 is 12.1 Å². The van der Waals surface area contributed by atoms with Crippen molar-refractivity contribution < 1.29 is 24.2 Å². The highest BCUT2D eigenvalue weighted by Crippen LogP contribution is 2.44. The van der Waals surface area contributed by atoms with E-state index < -0.39 is 30.4 Å². The Balaban J connectivity index is 1.58. The lowest BCUT2D eigenvalue weighted by molar-refractivity contribution is -0.139. The van der Waals surface area contributed by atoms with Crippen molar-refractivity contribution in [1.29, 1.82) is 0 Å². The average Bonchev–Trinajstić information content (AvgIpc) is 3.07. The first-order valence-corrected chi connectivity index (χ1v) is 11.3. The molecule has 0 aromatic heterocycles. The van der Waals surface area contributed by atoms with Crippen LogP contribution in [0.4, 0.5) is 4.79 Å². The summed E-state index contributed by atoms with van der Waals surface area (Å²) in [4.78, 5) is 36.2. The van der Waals surface area contributed by atoms with E-state index in [-0.39, 0.29) is 17.9 Å². The van der Waals surface area contributed by atoms with E-state index in [1.165, 1.54) is 0 Å². The van der Waals surface area contributed by atoms with Gasteiger partial charge in [0, 0.05) is 12.5 Å². The van der Waals surface area contributed by atoms with Crippen molar-refractivity contribution >= 4 is 18.0 Å². The van der Waals surface area contributed by atoms with Crippen LogP contribution in [-0.4, -0.2) is 42.3 Å². The summed E-state index contributed by atoms with van der Waals surface area (Å²) in [6.07, 6.45) is 0.347. The summed E-state index contributed by atoms with van der Waals surface area (Å²) in [7, 11) is 0. The van der Waals surface area contributed by atoms with Gasteiger partial charge in [-0.1, -0.05) is 69.3 Å². The quantitative estimate of drug-likeness (QED) is 0.492. The molecule has 7 nitrogen and oxygen atoms in total. The molecule has 33 heavy (non-hydrogen) atoms. The minimum atomic E-state index is -1.20. The summed E-state index contributed by atoms with van der Waals surface area (Å²) in [6, 6.07) is 14.8. The first-order chi connectivity index (χ1) is 15.7. The van der Waals surface area contributed by atoms with Gasteiger partial charge in [-0.3, -0.25) is 9.59 Å². The van der Waals surface area contributed by atoms with Crippen LogP contribution in [-0.2, 0) is 14.3 Å². The van der Waals surface area contributed by atoms with Gasteiger partial charge in [-0.05, 0) is 40.5 Å². The second kappa shape index (κ2) is 10.5. The Hall–Kier alpha value is -3.35. The van der Waals surface area contributed by atoms with E-state index in [0.717, 1.165) is 35.1 Å². The summed E-state index contributed by atoms with van der Waals surface area (Å²) in [6.45, 7) is 6.84. The molecular formula is C26H32N2O5. The molecule has 7 heteroatoms. The first-order valence-electron chi connectivity index (χ1n) is 11.3. The number of benzene rings is 2. The van der Waals surface area contributed by atoms with E-state index in [4.69, 9.17) is 4.74 Å². The van der Waals surface area contributed by atoms with Gasteiger partial charge in [-0.15, -0.1) is 0 Å². The van der Waals surface area contributed by atoms with Crippen LogP contribution in [0, 0.1) is 5.41 Å². The molecule has 3 N–H and O–H groups in total. The van der Waals surface area contributed by atoms with Crippen LogP contribution < -0.4 is 10.6 Å². The van der Waals surface area contributed by atoms with E-state index >= 15 is 0 Å². The van der Waals surface area contributed by atoms with Crippen molar-refractivity contribution in [3.63, 3.8) is 0 Å². The summed E-state index contributed by atoms with van der Waals surface area (Å²) < 4.78 is 5.45. The lowest BCUT2D eigenvalue weighted by Gasteiger charge is -2.20. The highest BCUT2D eigenvalue weighted by Gasteiger charge is 2.30. The SMILES string of the molecule is CC(C)(C)CCCNC(=O)C(CC(=O)O)NC(=O)OCC1c2ccccc2-c2ccccc21.